The third kappa shape index (κ3) is 4.07. The number of ether oxygens (including phenoxy) is 1. The standard InChI is InChI=1S/C12H16F4N2O4/c13-11(6-18(7-11)22-10(20)12(14,15)16)9(19)17-5-8-3-1-2-4-21-8/h8H,1-7H2,(H,17,19). The summed E-state index contributed by atoms with van der Waals surface area (Å²) in [5, 5.41) is 2.84. The van der Waals surface area contributed by atoms with Gasteiger partial charge < -0.3 is 14.9 Å². The van der Waals surface area contributed by atoms with Gasteiger partial charge in [0, 0.05) is 13.2 Å². The van der Waals surface area contributed by atoms with Gasteiger partial charge in [0.15, 0.2) is 0 Å². The van der Waals surface area contributed by atoms with Crippen LogP contribution in [0, 0.1) is 0 Å². The van der Waals surface area contributed by atoms with E-state index in [9.17, 15) is 27.2 Å². The molecule has 2 saturated heterocycles. The Kier molecular flexibility index (Phi) is 4.90. The van der Waals surface area contributed by atoms with Crippen LogP contribution >= 0.6 is 0 Å². The van der Waals surface area contributed by atoms with E-state index in [1.807, 2.05) is 0 Å². The number of alkyl halides is 4. The van der Waals surface area contributed by atoms with E-state index in [-0.39, 0.29) is 12.6 Å². The number of hydrogen-bond donors (Lipinski definition) is 1. The Morgan fingerprint density at radius 2 is 2.00 bits per heavy atom. The fraction of sp³-hybridized carbons (Fsp3) is 0.833. The highest BCUT2D eigenvalue weighted by atomic mass is 19.4. The molecule has 6 nitrogen and oxygen atoms in total. The predicted molar refractivity (Wildman–Crippen MR) is 64.2 cm³/mol. The summed E-state index contributed by atoms with van der Waals surface area (Å²) in [5.41, 5.74) is -2.36. The van der Waals surface area contributed by atoms with Gasteiger partial charge in [-0.15, -0.1) is 5.06 Å². The Balaban J connectivity index is 1.72. The second-order valence-corrected chi connectivity index (χ2v) is 5.34. The van der Waals surface area contributed by atoms with Crippen LogP contribution < -0.4 is 5.32 Å². The molecule has 1 unspecified atom stereocenters. The summed E-state index contributed by atoms with van der Waals surface area (Å²) in [4.78, 5) is 26.2. The van der Waals surface area contributed by atoms with E-state index in [0.717, 1.165) is 19.3 Å². The Bertz CT molecular complexity index is 431. The minimum atomic E-state index is -5.16. The van der Waals surface area contributed by atoms with Crippen LogP contribution in [0.25, 0.3) is 0 Å². The summed E-state index contributed by atoms with van der Waals surface area (Å²) in [6, 6.07) is 0. The van der Waals surface area contributed by atoms with Gasteiger partial charge in [0.25, 0.3) is 5.91 Å². The first-order valence-electron chi connectivity index (χ1n) is 6.83. The van der Waals surface area contributed by atoms with Crippen molar-refractivity contribution in [1.82, 2.24) is 10.4 Å². The number of hydrogen-bond acceptors (Lipinski definition) is 5. The molecule has 0 aromatic carbocycles. The zero-order valence-electron chi connectivity index (χ0n) is 11.6. The average Bonchev–Trinajstić information content (AvgIpc) is 2.42. The summed E-state index contributed by atoms with van der Waals surface area (Å²) in [7, 11) is 0. The quantitative estimate of drug-likeness (QED) is 0.770. The lowest BCUT2D eigenvalue weighted by molar-refractivity contribution is -0.270. The van der Waals surface area contributed by atoms with Crippen LogP contribution in [-0.2, 0) is 19.2 Å². The van der Waals surface area contributed by atoms with Gasteiger partial charge in [0.1, 0.15) is 0 Å². The van der Waals surface area contributed by atoms with Crippen LogP contribution in [0.2, 0.25) is 0 Å². The molecular weight excluding hydrogens is 312 g/mol. The van der Waals surface area contributed by atoms with Gasteiger partial charge in [-0.05, 0) is 19.3 Å². The van der Waals surface area contributed by atoms with E-state index in [4.69, 9.17) is 4.74 Å². The van der Waals surface area contributed by atoms with Crippen LogP contribution in [0.3, 0.4) is 0 Å². The number of carbonyl (C=O) groups is 2. The van der Waals surface area contributed by atoms with E-state index >= 15 is 0 Å². The van der Waals surface area contributed by atoms with E-state index in [1.165, 1.54) is 0 Å². The summed E-state index contributed by atoms with van der Waals surface area (Å²) < 4.78 is 55.3. The maximum atomic E-state index is 14.1. The van der Waals surface area contributed by atoms with Crippen molar-refractivity contribution in [2.24, 2.45) is 0 Å². The van der Waals surface area contributed by atoms with Crippen LogP contribution in [-0.4, -0.2) is 61.1 Å². The maximum absolute atomic E-state index is 14.1. The molecule has 0 aromatic heterocycles. The molecule has 2 aliphatic rings. The Hall–Kier alpha value is -1.42. The minimum absolute atomic E-state index is 0.146. The molecule has 1 amide bonds. The van der Waals surface area contributed by atoms with Gasteiger partial charge in [-0.2, -0.15) is 13.2 Å². The van der Waals surface area contributed by atoms with Crippen molar-refractivity contribution >= 4 is 11.9 Å². The van der Waals surface area contributed by atoms with Crippen LogP contribution in [0.4, 0.5) is 17.6 Å². The lowest BCUT2D eigenvalue weighted by Gasteiger charge is -2.41. The van der Waals surface area contributed by atoms with Crippen molar-refractivity contribution in [1.29, 1.82) is 0 Å². The highest BCUT2D eigenvalue weighted by Gasteiger charge is 2.54. The smallest absolute Gasteiger partial charge is 0.376 e. The molecule has 126 valence electrons. The maximum Gasteiger partial charge on any atom is 0.492 e. The number of amides is 1. The van der Waals surface area contributed by atoms with Crippen molar-refractivity contribution in [2.75, 3.05) is 26.2 Å². The van der Waals surface area contributed by atoms with E-state index in [2.05, 4.69) is 10.2 Å². The molecule has 1 atom stereocenters. The molecule has 0 radical (unpaired) electrons. The molecule has 2 fully saturated rings. The molecule has 22 heavy (non-hydrogen) atoms. The summed E-state index contributed by atoms with van der Waals surface area (Å²) >= 11 is 0. The summed E-state index contributed by atoms with van der Waals surface area (Å²) in [6.45, 7) is -0.728. The molecule has 10 heteroatoms. The molecule has 0 saturated carbocycles. The Labute approximate surface area is 123 Å². The normalized spacial score (nSPS) is 25.2. The Morgan fingerprint density at radius 1 is 1.32 bits per heavy atom. The van der Waals surface area contributed by atoms with Gasteiger partial charge in [0.05, 0.1) is 19.2 Å². The SMILES string of the molecule is O=C(ON1CC(F)(C(=O)NCC2CCCCO2)C1)C(F)(F)F. The monoisotopic (exact) mass is 328 g/mol. The number of hydroxylamine groups is 2. The van der Waals surface area contributed by atoms with Crippen molar-refractivity contribution in [3.05, 3.63) is 0 Å². The topological polar surface area (TPSA) is 67.9 Å². The molecule has 0 bridgehead atoms. The van der Waals surface area contributed by atoms with Crippen LogP contribution in [0.15, 0.2) is 0 Å². The second-order valence-electron chi connectivity index (χ2n) is 5.34. The largest absolute Gasteiger partial charge is 0.492 e. The first-order chi connectivity index (χ1) is 10.2. The van der Waals surface area contributed by atoms with Crippen LogP contribution in [0.5, 0.6) is 0 Å². The van der Waals surface area contributed by atoms with E-state index < -0.39 is 36.8 Å². The third-order valence-corrected chi connectivity index (χ3v) is 3.47. The van der Waals surface area contributed by atoms with Crippen molar-refractivity contribution in [3.63, 3.8) is 0 Å². The molecule has 2 aliphatic heterocycles. The number of nitrogens with zero attached hydrogens (tertiary/aromatic N) is 1. The summed E-state index contributed by atoms with van der Waals surface area (Å²) in [5.74, 6) is -3.38. The van der Waals surface area contributed by atoms with E-state index in [0.29, 0.717) is 11.7 Å². The van der Waals surface area contributed by atoms with Crippen molar-refractivity contribution in [2.45, 2.75) is 37.2 Å². The first kappa shape index (κ1) is 16.9. The number of nitrogens with one attached hydrogen (secondary N) is 1. The predicted octanol–water partition coefficient (Wildman–Crippen LogP) is 0.716. The number of rotatable bonds is 4. The Morgan fingerprint density at radius 3 is 2.55 bits per heavy atom. The second kappa shape index (κ2) is 6.37. The van der Waals surface area contributed by atoms with Gasteiger partial charge in [0.2, 0.25) is 5.67 Å². The minimum Gasteiger partial charge on any atom is -0.376 e. The molecular formula is C12H16F4N2O4. The number of halogens is 4. The molecule has 0 aromatic rings. The van der Waals surface area contributed by atoms with Crippen molar-refractivity contribution < 1.29 is 36.7 Å². The molecule has 1 N–H and O–H groups in total. The fourth-order valence-corrected chi connectivity index (χ4v) is 2.22. The van der Waals surface area contributed by atoms with E-state index in [1.54, 1.807) is 0 Å². The van der Waals surface area contributed by atoms with Gasteiger partial charge in [-0.3, -0.25) is 4.79 Å². The fourth-order valence-electron chi connectivity index (χ4n) is 2.22. The van der Waals surface area contributed by atoms with Crippen molar-refractivity contribution in [3.8, 4) is 0 Å². The van der Waals surface area contributed by atoms with Gasteiger partial charge in [-0.25, -0.2) is 9.18 Å². The molecule has 2 rings (SSSR count). The van der Waals surface area contributed by atoms with Gasteiger partial charge in [-0.1, -0.05) is 0 Å². The van der Waals surface area contributed by atoms with Crippen LogP contribution in [0.1, 0.15) is 19.3 Å². The third-order valence-electron chi connectivity index (χ3n) is 3.47. The first-order valence-corrected chi connectivity index (χ1v) is 6.83. The molecule has 0 aliphatic carbocycles. The highest BCUT2D eigenvalue weighted by Crippen LogP contribution is 2.28. The molecule has 2 heterocycles. The lowest BCUT2D eigenvalue weighted by Crippen LogP contribution is -2.66. The van der Waals surface area contributed by atoms with Gasteiger partial charge >= 0.3 is 12.1 Å². The lowest BCUT2D eigenvalue weighted by atomic mass is 9.97. The molecule has 0 spiro atoms. The number of carbonyl (C=O) groups excluding carboxylic acids is 2. The zero-order chi connectivity index (χ0) is 16.4. The average molecular weight is 328 g/mol. The zero-order valence-corrected chi connectivity index (χ0v) is 11.6. The highest BCUT2D eigenvalue weighted by molar-refractivity contribution is 5.87. The summed E-state index contributed by atoms with van der Waals surface area (Å²) in [6.07, 6.45) is -2.68.